The van der Waals surface area contributed by atoms with Crippen LogP contribution in [0.5, 0.6) is 0 Å². The van der Waals surface area contributed by atoms with E-state index in [9.17, 15) is 4.79 Å². The molecule has 3 nitrogen and oxygen atoms in total. The fraction of sp³-hybridized carbons (Fsp3) is 0.500. The van der Waals surface area contributed by atoms with Crippen LogP contribution >= 0.6 is 0 Å². The molecule has 1 heterocycles. The van der Waals surface area contributed by atoms with Gasteiger partial charge in [-0.05, 0) is 6.92 Å². The Labute approximate surface area is 53.7 Å². The first-order chi connectivity index (χ1) is 4.29. The van der Waals surface area contributed by atoms with Crippen molar-refractivity contribution in [2.45, 2.75) is 6.92 Å². The zero-order valence-electron chi connectivity index (χ0n) is 5.31. The maximum absolute atomic E-state index is 10.4. The third-order valence-electron chi connectivity index (χ3n) is 0.993. The van der Waals surface area contributed by atoms with Gasteiger partial charge in [-0.15, -0.1) is 0 Å². The van der Waals surface area contributed by atoms with Gasteiger partial charge in [0.1, 0.15) is 6.61 Å². The highest BCUT2D eigenvalue weighted by Gasteiger charge is 2.04. The molecule has 50 valence electrons. The van der Waals surface area contributed by atoms with Crippen LogP contribution in [0, 0.1) is 0 Å². The van der Waals surface area contributed by atoms with Gasteiger partial charge in [-0.2, -0.15) is 0 Å². The predicted molar refractivity (Wildman–Crippen MR) is 32.7 cm³/mol. The third kappa shape index (κ3) is 1.76. The lowest BCUT2D eigenvalue weighted by Gasteiger charge is -1.93. The van der Waals surface area contributed by atoms with E-state index in [2.05, 4.69) is 5.32 Å². The van der Waals surface area contributed by atoms with Crippen LogP contribution in [0.15, 0.2) is 12.0 Å². The Morgan fingerprint density at radius 3 is 3.11 bits per heavy atom. The summed E-state index contributed by atoms with van der Waals surface area (Å²) >= 11 is 0. The lowest BCUT2D eigenvalue weighted by Crippen LogP contribution is -2.05. The molecule has 0 bridgehead atoms. The number of ketones is 1. The molecule has 1 rings (SSSR count). The Hall–Kier alpha value is -0.990. The van der Waals surface area contributed by atoms with Crippen LogP contribution in [0.1, 0.15) is 6.92 Å². The van der Waals surface area contributed by atoms with Crippen molar-refractivity contribution in [3.05, 3.63) is 12.0 Å². The summed E-state index contributed by atoms with van der Waals surface area (Å²) in [4.78, 5) is 10.4. The Morgan fingerprint density at radius 1 is 1.89 bits per heavy atom. The largest absolute Gasteiger partial charge is 0.477 e. The van der Waals surface area contributed by atoms with E-state index < -0.39 is 0 Å². The molecule has 1 N–H and O–H groups in total. The molecule has 0 atom stereocenters. The van der Waals surface area contributed by atoms with Crippen LogP contribution in [0.4, 0.5) is 0 Å². The normalized spacial score (nSPS) is 21.2. The highest BCUT2D eigenvalue weighted by Crippen LogP contribution is 1.97. The fourth-order valence-corrected chi connectivity index (χ4v) is 0.664. The molecule has 1 saturated heterocycles. The van der Waals surface area contributed by atoms with Crippen LogP contribution in [-0.4, -0.2) is 18.9 Å². The first-order valence-electron chi connectivity index (χ1n) is 2.88. The highest BCUT2D eigenvalue weighted by atomic mass is 16.5. The van der Waals surface area contributed by atoms with Crippen molar-refractivity contribution in [3.63, 3.8) is 0 Å². The maximum atomic E-state index is 10.4. The number of hydrogen-bond donors (Lipinski definition) is 1. The van der Waals surface area contributed by atoms with E-state index in [1.165, 1.54) is 13.0 Å². The first-order valence-corrected chi connectivity index (χ1v) is 2.88. The molecule has 0 radical (unpaired) electrons. The molecule has 1 aliphatic rings. The number of nitrogens with one attached hydrogen (secondary N) is 1. The monoisotopic (exact) mass is 127 g/mol. The Morgan fingerprint density at radius 2 is 2.67 bits per heavy atom. The van der Waals surface area contributed by atoms with Crippen LogP contribution < -0.4 is 5.32 Å². The van der Waals surface area contributed by atoms with Gasteiger partial charge in [-0.3, -0.25) is 4.79 Å². The SMILES string of the molecule is CC(=O)/C=C1/NCCO1. The van der Waals surface area contributed by atoms with Gasteiger partial charge in [0.05, 0.1) is 6.54 Å². The van der Waals surface area contributed by atoms with Gasteiger partial charge < -0.3 is 10.1 Å². The molecule has 0 aromatic heterocycles. The van der Waals surface area contributed by atoms with Gasteiger partial charge in [0.15, 0.2) is 11.7 Å². The summed E-state index contributed by atoms with van der Waals surface area (Å²) in [6, 6.07) is 0. The Bertz CT molecular complexity index is 143. The second kappa shape index (κ2) is 2.53. The molecule has 0 saturated carbocycles. The van der Waals surface area contributed by atoms with Crippen molar-refractivity contribution in [1.29, 1.82) is 0 Å². The molecule has 9 heavy (non-hydrogen) atoms. The third-order valence-corrected chi connectivity index (χ3v) is 0.993. The molecule has 1 fully saturated rings. The van der Waals surface area contributed by atoms with Crippen LogP contribution in [0.2, 0.25) is 0 Å². The van der Waals surface area contributed by atoms with E-state index in [1.807, 2.05) is 0 Å². The molecule has 0 aromatic carbocycles. The molecule has 3 heteroatoms. The van der Waals surface area contributed by atoms with E-state index in [0.29, 0.717) is 12.5 Å². The quantitative estimate of drug-likeness (QED) is 0.505. The lowest BCUT2D eigenvalue weighted by atomic mass is 10.4. The van der Waals surface area contributed by atoms with Crippen molar-refractivity contribution in [2.75, 3.05) is 13.2 Å². The average molecular weight is 127 g/mol. The zero-order valence-corrected chi connectivity index (χ0v) is 5.31. The summed E-state index contributed by atoms with van der Waals surface area (Å²) in [5, 5.41) is 2.91. The minimum absolute atomic E-state index is 0.0133. The second-order valence-corrected chi connectivity index (χ2v) is 1.89. The van der Waals surface area contributed by atoms with Gasteiger partial charge in [0, 0.05) is 6.08 Å². The molecule has 0 aromatic rings. The molecular formula is C6H9NO2. The van der Waals surface area contributed by atoms with Crippen LogP contribution in [-0.2, 0) is 9.53 Å². The molecule has 1 aliphatic heterocycles. The van der Waals surface area contributed by atoms with Crippen molar-refractivity contribution < 1.29 is 9.53 Å². The number of allylic oxidation sites excluding steroid dienone is 1. The number of rotatable bonds is 1. The second-order valence-electron chi connectivity index (χ2n) is 1.89. The van der Waals surface area contributed by atoms with E-state index in [-0.39, 0.29) is 5.78 Å². The summed E-state index contributed by atoms with van der Waals surface area (Å²) in [5.41, 5.74) is 0. The van der Waals surface area contributed by atoms with E-state index in [4.69, 9.17) is 4.74 Å². The molecule has 0 unspecified atom stereocenters. The van der Waals surface area contributed by atoms with Crippen molar-refractivity contribution in [3.8, 4) is 0 Å². The minimum Gasteiger partial charge on any atom is -0.477 e. The van der Waals surface area contributed by atoms with E-state index in [0.717, 1.165) is 6.54 Å². The van der Waals surface area contributed by atoms with Crippen molar-refractivity contribution >= 4 is 5.78 Å². The minimum atomic E-state index is 0.0133. The van der Waals surface area contributed by atoms with E-state index >= 15 is 0 Å². The van der Waals surface area contributed by atoms with Gasteiger partial charge in [-0.25, -0.2) is 0 Å². The van der Waals surface area contributed by atoms with Crippen molar-refractivity contribution in [1.82, 2.24) is 5.32 Å². The molecular weight excluding hydrogens is 118 g/mol. The van der Waals surface area contributed by atoms with Gasteiger partial charge in [0.2, 0.25) is 0 Å². The predicted octanol–water partition coefficient (Wildman–Crippen LogP) is 0.0366. The average Bonchev–Trinajstić information content (AvgIpc) is 2.15. The van der Waals surface area contributed by atoms with Gasteiger partial charge >= 0.3 is 0 Å². The summed E-state index contributed by atoms with van der Waals surface area (Å²) in [6.07, 6.45) is 1.45. The smallest absolute Gasteiger partial charge is 0.190 e. The van der Waals surface area contributed by atoms with E-state index in [1.54, 1.807) is 0 Å². The van der Waals surface area contributed by atoms with Crippen LogP contribution in [0.25, 0.3) is 0 Å². The standard InChI is InChI=1S/C6H9NO2/c1-5(8)4-6-7-2-3-9-6/h4,7H,2-3H2,1H3/b6-4-. The summed E-state index contributed by atoms with van der Waals surface area (Å²) in [5.74, 6) is 0.613. The number of carbonyl (C=O) groups excluding carboxylic acids is 1. The first kappa shape index (κ1) is 6.13. The Kier molecular flexibility index (Phi) is 1.72. The topological polar surface area (TPSA) is 38.3 Å². The fourth-order valence-electron chi connectivity index (χ4n) is 0.664. The highest BCUT2D eigenvalue weighted by molar-refractivity contribution is 5.87. The maximum Gasteiger partial charge on any atom is 0.190 e. The number of hydrogen-bond acceptors (Lipinski definition) is 3. The molecule has 0 aliphatic carbocycles. The number of ether oxygens (including phenoxy) is 1. The summed E-state index contributed by atoms with van der Waals surface area (Å²) in [6.45, 7) is 2.97. The summed E-state index contributed by atoms with van der Waals surface area (Å²) in [7, 11) is 0. The van der Waals surface area contributed by atoms with Gasteiger partial charge in [0.25, 0.3) is 0 Å². The summed E-state index contributed by atoms with van der Waals surface area (Å²) < 4.78 is 4.99. The lowest BCUT2D eigenvalue weighted by molar-refractivity contribution is -0.112. The zero-order chi connectivity index (χ0) is 6.69. The van der Waals surface area contributed by atoms with Crippen LogP contribution in [0.3, 0.4) is 0 Å². The van der Waals surface area contributed by atoms with Gasteiger partial charge in [-0.1, -0.05) is 0 Å². The van der Waals surface area contributed by atoms with Crippen molar-refractivity contribution in [2.24, 2.45) is 0 Å². The Balaban J connectivity index is 2.49. The number of carbonyl (C=O) groups is 1. The molecule has 0 amide bonds. The molecule has 0 spiro atoms.